The Bertz CT molecular complexity index is 1430. The average molecular weight is 478 g/mol. The lowest BCUT2D eigenvalue weighted by Gasteiger charge is -2.21. The average Bonchev–Trinajstić information content (AvgIpc) is 2.91. The minimum absolute atomic E-state index is 0.0367. The van der Waals surface area contributed by atoms with Gasteiger partial charge in [0.05, 0.1) is 17.4 Å². The maximum absolute atomic E-state index is 13.3. The molecule has 4 rings (SSSR count). The molecular weight excluding hydrogens is 450 g/mol. The van der Waals surface area contributed by atoms with E-state index in [4.69, 9.17) is 0 Å². The lowest BCUT2D eigenvalue weighted by molar-refractivity contribution is 0.0697. The number of carboxylic acid groups (broad SMARTS) is 1. The number of rotatable bonds is 8. The zero-order valence-electron chi connectivity index (χ0n) is 20.5. The number of carbonyl (C=O) groups is 2. The summed E-state index contributed by atoms with van der Waals surface area (Å²) in [6.45, 7) is 5.76. The second-order valence-electron chi connectivity index (χ2n) is 8.56. The first kappa shape index (κ1) is 24.4. The van der Waals surface area contributed by atoms with Crippen LogP contribution in [0, 0.1) is 6.92 Å². The number of pyridine rings is 1. The summed E-state index contributed by atoms with van der Waals surface area (Å²) in [5.41, 5.74) is 5.92. The standard InChI is InChI=1S/C30H27N3O3/c1-5-21-9-11-24(12-10-21)32(3)26-13-14-28(31-19-26)29(34)22-16-23(30(35)36)18-27(17-22)33(4)25-8-6-7-20(2)15-25/h5-19H,1H2,2-4H3,(H,35,36). The smallest absolute Gasteiger partial charge is 0.335 e. The molecule has 1 aromatic heterocycles. The fraction of sp³-hybridized carbons (Fsp3) is 0.100. The molecule has 0 fully saturated rings. The molecule has 1 N–H and O–H groups in total. The van der Waals surface area contributed by atoms with Crippen molar-refractivity contribution in [2.24, 2.45) is 0 Å². The summed E-state index contributed by atoms with van der Waals surface area (Å²) in [6, 6.07) is 23.9. The van der Waals surface area contributed by atoms with Gasteiger partial charge in [-0.3, -0.25) is 9.78 Å². The first-order valence-electron chi connectivity index (χ1n) is 11.4. The molecule has 36 heavy (non-hydrogen) atoms. The number of hydrogen-bond acceptors (Lipinski definition) is 5. The molecule has 0 saturated heterocycles. The van der Waals surface area contributed by atoms with E-state index < -0.39 is 5.97 Å². The number of carboxylic acids is 1. The summed E-state index contributed by atoms with van der Waals surface area (Å²) in [4.78, 5) is 33.3. The summed E-state index contributed by atoms with van der Waals surface area (Å²) < 4.78 is 0. The third kappa shape index (κ3) is 5.18. The summed E-state index contributed by atoms with van der Waals surface area (Å²) >= 11 is 0. The van der Waals surface area contributed by atoms with Crippen LogP contribution in [-0.4, -0.2) is 35.9 Å². The number of carbonyl (C=O) groups excluding carboxylic acids is 1. The second-order valence-corrected chi connectivity index (χ2v) is 8.56. The number of ketones is 1. The zero-order valence-corrected chi connectivity index (χ0v) is 20.5. The van der Waals surface area contributed by atoms with Gasteiger partial charge in [0.25, 0.3) is 0 Å². The maximum atomic E-state index is 13.3. The first-order chi connectivity index (χ1) is 17.3. The SMILES string of the molecule is C=Cc1ccc(N(C)c2ccc(C(=O)c3cc(C(=O)O)cc(N(C)c4cccc(C)c4)c3)nc2)cc1. The van der Waals surface area contributed by atoms with E-state index in [1.807, 2.05) is 85.4 Å². The molecule has 3 aromatic carbocycles. The van der Waals surface area contributed by atoms with Gasteiger partial charge in [-0.1, -0.05) is 36.9 Å². The van der Waals surface area contributed by atoms with E-state index in [0.717, 1.165) is 28.2 Å². The summed E-state index contributed by atoms with van der Waals surface area (Å²) in [5.74, 6) is -1.45. The van der Waals surface area contributed by atoms with Crippen LogP contribution in [0.4, 0.5) is 22.7 Å². The molecule has 0 unspecified atom stereocenters. The number of anilines is 4. The Morgan fingerprint density at radius 3 is 2.08 bits per heavy atom. The highest BCUT2D eigenvalue weighted by atomic mass is 16.4. The van der Waals surface area contributed by atoms with Crippen LogP contribution < -0.4 is 9.80 Å². The molecule has 0 amide bonds. The van der Waals surface area contributed by atoms with Crippen molar-refractivity contribution in [2.45, 2.75) is 6.92 Å². The fourth-order valence-electron chi connectivity index (χ4n) is 3.89. The Labute approximate surface area is 210 Å². The Morgan fingerprint density at radius 1 is 0.806 bits per heavy atom. The van der Waals surface area contributed by atoms with Crippen molar-refractivity contribution in [1.82, 2.24) is 4.98 Å². The molecule has 1 heterocycles. The van der Waals surface area contributed by atoms with Gasteiger partial charge in [0.15, 0.2) is 0 Å². The molecule has 6 nitrogen and oxygen atoms in total. The minimum atomic E-state index is -1.10. The number of aromatic carboxylic acids is 1. The van der Waals surface area contributed by atoms with E-state index in [2.05, 4.69) is 11.6 Å². The number of aryl methyl sites for hydroxylation is 1. The van der Waals surface area contributed by atoms with Crippen molar-refractivity contribution in [3.8, 4) is 0 Å². The molecule has 0 atom stereocenters. The Balaban J connectivity index is 1.63. The number of aromatic nitrogens is 1. The lowest BCUT2D eigenvalue weighted by Crippen LogP contribution is -2.14. The molecule has 0 aliphatic carbocycles. The highest BCUT2D eigenvalue weighted by Gasteiger charge is 2.18. The largest absolute Gasteiger partial charge is 0.478 e. The first-order valence-corrected chi connectivity index (χ1v) is 11.4. The minimum Gasteiger partial charge on any atom is -0.478 e. The van der Waals surface area contributed by atoms with Gasteiger partial charge in [-0.2, -0.15) is 0 Å². The van der Waals surface area contributed by atoms with Gasteiger partial charge >= 0.3 is 5.97 Å². The van der Waals surface area contributed by atoms with Crippen LogP contribution in [0.1, 0.15) is 37.5 Å². The molecular formula is C30H27N3O3. The molecule has 4 aromatic rings. The van der Waals surface area contributed by atoms with Crippen LogP contribution in [-0.2, 0) is 0 Å². The molecule has 0 saturated carbocycles. The maximum Gasteiger partial charge on any atom is 0.335 e. The molecule has 0 aliphatic heterocycles. The summed E-state index contributed by atoms with van der Waals surface area (Å²) in [6.07, 6.45) is 3.42. The molecule has 0 aliphatic rings. The third-order valence-electron chi connectivity index (χ3n) is 6.09. The highest BCUT2D eigenvalue weighted by molar-refractivity contribution is 6.09. The van der Waals surface area contributed by atoms with Crippen molar-refractivity contribution in [3.05, 3.63) is 120 Å². The molecule has 6 heteroatoms. The molecule has 180 valence electrons. The second kappa shape index (κ2) is 10.3. The molecule has 0 radical (unpaired) electrons. The predicted octanol–water partition coefficient (Wildman–Crippen LogP) is 6.50. The third-order valence-corrected chi connectivity index (χ3v) is 6.09. The van der Waals surface area contributed by atoms with Crippen molar-refractivity contribution >= 4 is 40.6 Å². The van der Waals surface area contributed by atoms with Gasteiger partial charge in [0.2, 0.25) is 5.78 Å². The van der Waals surface area contributed by atoms with E-state index in [-0.39, 0.29) is 22.6 Å². The van der Waals surface area contributed by atoms with Crippen LogP contribution >= 0.6 is 0 Å². The van der Waals surface area contributed by atoms with E-state index in [1.54, 1.807) is 30.5 Å². The van der Waals surface area contributed by atoms with Gasteiger partial charge in [-0.05, 0) is 72.6 Å². The highest BCUT2D eigenvalue weighted by Crippen LogP contribution is 2.28. The van der Waals surface area contributed by atoms with E-state index in [0.29, 0.717) is 5.69 Å². The number of benzene rings is 3. The van der Waals surface area contributed by atoms with Crippen LogP contribution in [0.15, 0.2) is 91.6 Å². The summed E-state index contributed by atoms with van der Waals surface area (Å²) in [5, 5.41) is 9.66. The van der Waals surface area contributed by atoms with Gasteiger partial charge in [-0.25, -0.2) is 4.79 Å². The Hall–Kier alpha value is -4.71. The van der Waals surface area contributed by atoms with Gasteiger partial charge in [-0.15, -0.1) is 0 Å². The zero-order chi connectivity index (χ0) is 25.8. The normalized spacial score (nSPS) is 10.5. The van der Waals surface area contributed by atoms with Gasteiger partial charge in [0.1, 0.15) is 5.69 Å². The quantitative estimate of drug-likeness (QED) is 0.292. The number of nitrogens with zero attached hydrogens (tertiary/aromatic N) is 3. The van der Waals surface area contributed by atoms with Crippen molar-refractivity contribution in [2.75, 3.05) is 23.9 Å². The van der Waals surface area contributed by atoms with Crippen molar-refractivity contribution in [1.29, 1.82) is 0 Å². The molecule has 0 spiro atoms. The summed E-state index contributed by atoms with van der Waals surface area (Å²) in [7, 11) is 3.76. The topological polar surface area (TPSA) is 73.7 Å². The monoisotopic (exact) mass is 477 g/mol. The van der Waals surface area contributed by atoms with Crippen LogP contribution in [0.3, 0.4) is 0 Å². The fourth-order valence-corrected chi connectivity index (χ4v) is 3.89. The van der Waals surface area contributed by atoms with E-state index >= 15 is 0 Å². The van der Waals surface area contributed by atoms with Crippen LogP contribution in [0.25, 0.3) is 6.08 Å². The van der Waals surface area contributed by atoms with Crippen LogP contribution in [0.2, 0.25) is 0 Å². The van der Waals surface area contributed by atoms with Gasteiger partial charge in [0, 0.05) is 36.7 Å². The van der Waals surface area contributed by atoms with E-state index in [1.165, 1.54) is 6.07 Å². The number of hydrogen-bond donors (Lipinski definition) is 1. The van der Waals surface area contributed by atoms with Crippen molar-refractivity contribution < 1.29 is 14.7 Å². The molecule has 0 bridgehead atoms. The van der Waals surface area contributed by atoms with Crippen LogP contribution in [0.5, 0.6) is 0 Å². The van der Waals surface area contributed by atoms with Gasteiger partial charge < -0.3 is 14.9 Å². The predicted molar refractivity (Wildman–Crippen MR) is 145 cm³/mol. The van der Waals surface area contributed by atoms with Crippen molar-refractivity contribution in [3.63, 3.8) is 0 Å². The Kier molecular flexibility index (Phi) is 6.97. The lowest BCUT2D eigenvalue weighted by atomic mass is 10.0. The van der Waals surface area contributed by atoms with E-state index in [9.17, 15) is 14.7 Å². The Morgan fingerprint density at radius 2 is 1.47 bits per heavy atom.